The van der Waals surface area contributed by atoms with Crippen LogP contribution in [0, 0.1) is 16.2 Å². The molecular formula is C37H68N6O8S. The number of hydrogen-bond donors (Lipinski definition) is 4. The second-order valence-electron chi connectivity index (χ2n) is 18.0. The summed E-state index contributed by atoms with van der Waals surface area (Å²) in [5.74, 6) is -0.817. The van der Waals surface area contributed by atoms with Crippen molar-refractivity contribution in [3.63, 3.8) is 0 Å². The summed E-state index contributed by atoms with van der Waals surface area (Å²) >= 11 is 0. The third kappa shape index (κ3) is 18.0. The molecule has 0 bridgehead atoms. The number of ether oxygens (including phenoxy) is 2. The molecule has 0 spiro atoms. The molecule has 0 saturated heterocycles. The molecule has 0 aliphatic heterocycles. The number of rotatable bonds is 21. The molecule has 52 heavy (non-hydrogen) atoms. The van der Waals surface area contributed by atoms with Crippen molar-refractivity contribution >= 4 is 27.7 Å². The van der Waals surface area contributed by atoms with Gasteiger partial charge in [0.25, 0.3) is 10.1 Å². The molecule has 4 N–H and O–H groups in total. The van der Waals surface area contributed by atoms with E-state index < -0.39 is 26.7 Å². The van der Waals surface area contributed by atoms with Crippen molar-refractivity contribution in [3.8, 4) is 0 Å². The summed E-state index contributed by atoms with van der Waals surface area (Å²) in [4.78, 5) is 38.1. The first-order chi connectivity index (χ1) is 23.9. The number of carbonyl (C=O) groups is 3. The van der Waals surface area contributed by atoms with Gasteiger partial charge in [0.05, 0.1) is 37.2 Å². The predicted octanol–water partition coefficient (Wildman–Crippen LogP) is 4.57. The maximum atomic E-state index is 13.0. The Morgan fingerprint density at radius 3 is 2.19 bits per heavy atom. The SMILES string of the molecule is CC(C)(COCC(C)(C)Cn1nnc2c1CCCCCC2OCC(=O)NCCCC[C@@H](NC(C)(C)C)C(=O)C(C)(C)C)CC(=O)NCCS(=O)(=O)O. The van der Waals surface area contributed by atoms with E-state index in [1.54, 1.807) is 0 Å². The number of fused-ring (bicyclic) bond motifs is 1. The Bertz CT molecular complexity index is 1410. The molecule has 0 aromatic carbocycles. The number of carbonyl (C=O) groups excluding carboxylic acids is 3. The molecule has 14 nitrogen and oxygen atoms in total. The van der Waals surface area contributed by atoms with E-state index in [0.29, 0.717) is 32.7 Å². The van der Waals surface area contributed by atoms with E-state index in [0.717, 1.165) is 56.3 Å². The Morgan fingerprint density at radius 2 is 1.56 bits per heavy atom. The lowest BCUT2D eigenvalue weighted by molar-refractivity contribution is -0.129. The van der Waals surface area contributed by atoms with Crippen molar-refractivity contribution in [2.24, 2.45) is 16.2 Å². The van der Waals surface area contributed by atoms with Gasteiger partial charge in [0.2, 0.25) is 11.8 Å². The Kier molecular flexibility index (Phi) is 17.4. The average Bonchev–Trinajstić information content (AvgIpc) is 3.33. The van der Waals surface area contributed by atoms with Crippen LogP contribution in [0.4, 0.5) is 0 Å². The summed E-state index contributed by atoms with van der Waals surface area (Å²) in [6.07, 6.45) is 6.71. The first-order valence-electron chi connectivity index (χ1n) is 18.8. The summed E-state index contributed by atoms with van der Waals surface area (Å²) in [5, 5.41) is 18.0. The standard InChI is InChI=1S/C37H68N6O8S/c1-34(2,3)33(46)27(40-35(4,5)6)16-14-15-19-38-31(45)23-51-29-18-13-11-12-17-28-32(29)41-42-43(28)24-37(9,10)26-50-25-36(7,8)22-30(44)39-20-21-52(47,48)49/h27,29,40H,11-26H2,1-10H3,(H,38,45)(H,39,44)(H,47,48,49)/t27-,29?/m1/s1. The van der Waals surface area contributed by atoms with Crippen molar-refractivity contribution in [1.82, 2.24) is 30.9 Å². The highest BCUT2D eigenvalue weighted by molar-refractivity contribution is 7.85. The third-order valence-electron chi connectivity index (χ3n) is 8.76. The molecule has 1 aliphatic rings. The summed E-state index contributed by atoms with van der Waals surface area (Å²) in [5.41, 5.74) is 0.398. The van der Waals surface area contributed by atoms with Crippen molar-refractivity contribution in [3.05, 3.63) is 11.4 Å². The van der Waals surface area contributed by atoms with Gasteiger partial charge >= 0.3 is 0 Å². The number of Topliss-reactive ketones (excluding diaryl/α,β-unsaturated/α-hetero) is 1. The molecule has 2 rings (SSSR count). The minimum Gasteiger partial charge on any atom is -0.380 e. The number of aromatic nitrogens is 3. The van der Waals surface area contributed by atoms with Gasteiger partial charge in [0, 0.05) is 35.9 Å². The van der Waals surface area contributed by atoms with Gasteiger partial charge in [-0.1, -0.05) is 66.5 Å². The maximum absolute atomic E-state index is 13.0. The predicted molar refractivity (Wildman–Crippen MR) is 201 cm³/mol. The molecule has 0 saturated carbocycles. The molecule has 1 aromatic heterocycles. The Hall–Kier alpha value is -2.46. The minimum absolute atomic E-state index is 0.0681. The smallest absolute Gasteiger partial charge is 0.266 e. The monoisotopic (exact) mass is 756 g/mol. The highest BCUT2D eigenvalue weighted by Crippen LogP contribution is 2.31. The number of hydrogen-bond acceptors (Lipinski definition) is 10. The van der Waals surface area contributed by atoms with Gasteiger partial charge in [-0.05, 0) is 64.7 Å². The molecule has 1 aromatic rings. The summed E-state index contributed by atoms with van der Waals surface area (Å²) in [7, 11) is -4.13. The zero-order valence-corrected chi connectivity index (χ0v) is 34.3. The molecule has 1 unspecified atom stereocenters. The van der Waals surface area contributed by atoms with E-state index in [1.165, 1.54) is 0 Å². The highest BCUT2D eigenvalue weighted by atomic mass is 32.2. The van der Waals surface area contributed by atoms with Gasteiger partial charge in [-0.3, -0.25) is 18.9 Å². The third-order valence-corrected chi connectivity index (χ3v) is 9.48. The molecule has 2 amide bonds. The van der Waals surface area contributed by atoms with E-state index in [-0.39, 0.29) is 60.3 Å². The zero-order chi connectivity index (χ0) is 39.4. The van der Waals surface area contributed by atoms with Crippen LogP contribution in [0.5, 0.6) is 0 Å². The van der Waals surface area contributed by atoms with Gasteiger partial charge in [0.1, 0.15) is 18.4 Å². The first-order valence-corrected chi connectivity index (χ1v) is 20.4. The van der Waals surface area contributed by atoms with Crippen LogP contribution in [0.15, 0.2) is 0 Å². The normalized spacial score (nSPS) is 16.8. The van der Waals surface area contributed by atoms with Gasteiger partial charge in [-0.15, -0.1) is 5.10 Å². The molecule has 2 atom stereocenters. The first kappa shape index (κ1) is 45.7. The van der Waals surface area contributed by atoms with Crippen LogP contribution in [-0.2, 0) is 46.9 Å². The second-order valence-corrected chi connectivity index (χ2v) is 19.6. The molecule has 0 fully saturated rings. The number of amides is 2. The average molecular weight is 757 g/mol. The Labute approximate surface area is 312 Å². The van der Waals surface area contributed by atoms with Gasteiger partial charge in [0.15, 0.2) is 5.78 Å². The fraction of sp³-hybridized carbons (Fsp3) is 0.865. The van der Waals surface area contributed by atoms with Crippen molar-refractivity contribution in [2.75, 3.05) is 38.7 Å². The molecule has 15 heteroatoms. The number of nitrogens with one attached hydrogen (secondary N) is 3. The van der Waals surface area contributed by atoms with Crippen LogP contribution in [-0.4, -0.2) is 95.8 Å². The fourth-order valence-electron chi connectivity index (χ4n) is 6.24. The van der Waals surface area contributed by atoms with E-state index in [4.69, 9.17) is 14.0 Å². The number of nitrogens with zero attached hydrogens (tertiary/aromatic N) is 3. The molecular weight excluding hydrogens is 689 g/mol. The van der Waals surface area contributed by atoms with Crippen LogP contribution >= 0.6 is 0 Å². The van der Waals surface area contributed by atoms with Crippen LogP contribution in [0.2, 0.25) is 0 Å². The van der Waals surface area contributed by atoms with Crippen molar-refractivity contribution in [1.29, 1.82) is 0 Å². The highest BCUT2D eigenvalue weighted by Gasteiger charge is 2.32. The quantitative estimate of drug-likeness (QED) is 0.102. The molecule has 300 valence electrons. The lowest BCUT2D eigenvalue weighted by atomic mass is 9.84. The van der Waals surface area contributed by atoms with Crippen LogP contribution in [0.3, 0.4) is 0 Å². The van der Waals surface area contributed by atoms with E-state index in [9.17, 15) is 22.8 Å². The van der Waals surface area contributed by atoms with Gasteiger partial charge < -0.3 is 25.4 Å². The maximum Gasteiger partial charge on any atom is 0.266 e. The van der Waals surface area contributed by atoms with Gasteiger partial charge in [-0.2, -0.15) is 8.42 Å². The number of unbranched alkanes of at least 4 members (excludes halogenated alkanes) is 1. The van der Waals surface area contributed by atoms with E-state index in [1.807, 2.05) is 39.3 Å². The second kappa shape index (κ2) is 19.7. The Morgan fingerprint density at radius 1 is 0.904 bits per heavy atom. The topological polar surface area (TPSA) is 191 Å². The van der Waals surface area contributed by atoms with E-state index in [2.05, 4.69) is 60.9 Å². The minimum atomic E-state index is -4.13. The summed E-state index contributed by atoms with van der Waals surface area (Å²) < 4.78 is 44.8. The summed E-state index contributed by atoms with van der Waals surface area (Å²) in [6.45, 7) is 21.6. The van der Waals surface area contributed by atoms with Crippen molar-refractivity contribution in [2.45, 2.75) is 151 Å². The molecule has 0 radical (unpaired) electrons. The molecule has 1 aliphatic carbocycles. The van der Waals surface area contributed by atoms with Gasteiger partial charge in [-0.25, -0.2) is 4.68 Å². The molecule has 1 heterocycles. The zero-order valence-electron chi connectivity index (χ0n) is 33.5. The largest absolute Gasteiger partial charge is 0.380 e. The van der Waals surface area contributed by atoms with Crippen molar-refractivity contribution < 1.29 is 36.8 Å². The van der Waals surface area contributed by atoms with Crippen LogP contribution < -0.4 is 16.0 Å². The lowest BCUT2D eigenvalue weighted by Crippen LogP contribution is -2.50. The van der Waals surface area contributed by atoms with E-state index >= 15 is 0 Å². The van der Waals surface area contributed by atoms with Crippen LogP contribution in [0.25, 0.3) is 0 Å². The van der Waals surface area contributed by atoms with Crippen LogP contribution in [0.1, 0.15) is 138 Å². The number of ketones is 1. The lowest BCUT2D eigenvalue weighted by Gasteiger charge is -2.31. The Balaban J connectivity index is 1.87. The summed E-state index contributed by atoms with van der Waals surface area (Å²) in [6, 6.07) is -0.229. The fourth-order valence-corrected chi connectivity index (χ4v) is 6.60.